The molecule has 2 nitrogen and oxygen atoms in total. The fourth-order valence-corrected chi connectivity index (χ4v) is 3.63. The summed E-state index contributed by atoms with van der Waals surface area (Å²) in [5.41, 5.74) is 0.267. The minimum atomic E-state index is 0.267. The van der Waals surface area contributed by atoms with Gasteiger partial charge in [-0.25, -0.2) is 0 Å². The minimum absolute atomic E-state index is 0.267. The second kappa shape index (κ2) is 5.50. The van der Waals surface area contributed by atoms with Crippen LogP contribution in [0.25, 0.3) is 0 Å². The van der Waals surface area contributed by atoms with Gasteiger partial charge in [0.25, 0.3) is 0 Å². The maximum atomic E-state index is 6.55. The Morgan fingerprint density at radius 3 is 2.56 bits per heavy atom. The van der Waals surface area contributed by atoms with Crippen molar-refractivity contribution < 1.29 is 4.74 Å². The van der Waals surface area contributed by atoms with E-state index in [2.05, 4.69) is 12.2 Å². The fourth-order valence-electron chi connectivity index (χ4n) is 3.63. The molecular weight excluding hydrogens is 222 g/mol. The lowest BCUT2D eigenvalue weighted by molar-refractivity contribution is -0.155. The lowest BCUT2D eigenvalue weighted by Gasteiger charge is -2.45. The summed E-state index contributed by atoms with van der Waals surface area (Å²) in [6.45, 7) is 3.56. The molecule has 104 valence electrons. The molecule has 1 N–H and O–H groups in total. The van der Waals surface area contributed by atoms with E-state index in [9.17, 15) is 0 Å². The van der Waals surface area contributed by atoms with Crippen molar-refractivity contribution in [3.05, 3.63) is 0 Å². The van der Waals surface area contributed by atoms with E-state index in [1.165, 1.54) is 70.8 Å². The van der Waals surface area contributed by atoms with E-state index in [1.807, 2.05) is 0 Å². The van der Waals surface area contributed by atoms with E-state index in [1.54, 1.807) is 0 Å². The average molecular weight is 251 g/mol. The normalized spacial score (nSPS) is 35.2. The molecule has 3 aliphatic carbocycles. The summed E-state index contributed by atoms with van der Waals surface area (Å²) in [5.74, 6) is 0.880. The van der Waals surface area contributed by atoms with Gasteiger partial charge in [-0.3, -0.25) is 0 Å². The second-order valence-electron chi connectivity index (χ2n) is 7.03. The Labute approximate surface area is 112 Å². The van der Waals surface area contributed by atoms with Crippen molar-refractivity contribution in [2.24, 2.45) is 5.92 Å². The first kappa shape index (κ1) is 12.9. The lowest BCUT2D eigenvalue weighted by atomic mass is 9.76. The largest absolute Gasteiger partial charge is 0.372 e. The van der Waals surface area contributed by atoms with Crippen molar-refractivity contribution in [2.45, 2.75) is 88.9 Å². The summed E-state index contributed by atoms with van der Waals surface area (Å²) < 4.78 is 6.55. The smallest absolute Gasteiger partial charge is 0.0698 e. The third-order valence-electron chi connectivity index (χ3n) is 5.16. The maximum absolute atomic E-state index is 6.55. The monoisotopic (exact) mass is 251 g/mol. The van der Waals surface area contributed by atoms with Gasteiger partial charge in [0.2, 0.25) is 0 Å². The van der Waals surface area contributed by atoms with Crippen molar-refractivity contribution in [2.75, 3.05) is 6.54 Å². The molecule has 2 heteroatoms. The van der Waals surface area contributed by atoms with Crippen LogP contribution in [0, 0.1) is 5.92 Å². The van der Waals surface area contributed by atoms with E-state index in [-0.39, 0.29) is 5.60 Å². The second-order valence-corrected chi connectivity index (χ2v) is 7.03. The van der Waals surface area contributed by atoms with Crippen molar-refractivity contribution in [1.82, 2.24) is 5.32 Å². The summed E-state index contributed by atoms with van der Waals surface area (Å²) >= 11 is 0. The van der Waals surface area contributed by atoms with Gasteiger partial charge < -0.3 is 10.1 Å². The van der Waals surface area contributed by atoms with Crippen LogP contribution in [0.5, 0.6) is 0 Å². The number of ether oxygens (including phenoxy) is 1. The highest BCUT2D eigenvalue weighted by Gasteiger charge is 2.40. The predicted molar refractivity (Wildman–Crippen MR) is 74.7 cm³/mol. The number of hydrogen-bond donors (Lipinski definition) is 1. The van der Waals surface area contributed by atoms with Gasteiger partial charge in [-0.1, -0.05) is 19.8 Å². The topological polar surface area (TPSA) is 21.3 Å². The van der Waals surface area contributed by atoms with E-state index >= 15 is 0 Å². The molecule has 3 fully saturated rings. The number of rotatable bonds is 6. The van der Waals surface area contributed by atoms with Crippen LogP contribution in [0.15, 0.2) is 0 Å². The Hall–Kier alpha value is -0.0800. The fraction of sp³-hybridized carbons (Fsp3) is 1.00. The van der Waals surface area contributed by atoms with Gasteiger partial charge in [-0.15, -0.1) is 0 Å². The molecule has 2 atom stereocenters. The molecule has 0 aliphatic heterocycles. The first-order valence-electron chi connectivity index (χ1n) is 8.17. The van der Waals surface area contributed by atoms with Crippen LogP contribution in [0.3, 0.4) is 0 Å². The van der Waals surface area contributed by atoms with Gasteiger partial charge in [0.15, 0.2) is 0 Å². The maximum Gasteiger partial charge on any atom is 0.0698 e. The SMILES string of the molecule is CC1CCCC(OC2(CCNC3CC3)CCC2)C1. The van der Waals surface area contributed by atoms with E-state index in [0.717, 1.165) is 12.0 Å². The van der Waals surface area contributed by atoms with Gasteiger partial charge >= 0.3 is 0 Å². The van der Waals surface area contributed by atoms with Crippen LogP contribution in [-0.2, 0) is 4.74 Å². The molecular formula is C16H29NO. The van der Waals surface area contributed by atoms with Gasteiger partial charge in [0, 0.05) is 6.04 Å². The number of hydrogen-bond acceptors (Lipinski definition) is 2. The standard InChI is InChI=1S/C16H29NO/c1-13-4-2-5-15(12-13)18-16(8-3-9-16)10-11-17-14-6-7-14/h13-15,17H,2-12H2,1H3. The highest BCUT2D eigenvalue weighted by molar-refractivity contribution is 4.93. The Bertz CT molecular complexity index is 270. The first-order chi connectivity index (χ1) is 8.76. The summed E-state index contributed by atoms with van der Waals surface area (Å²) in [6, 6.07) is 0.844. The van der Waals surface area contributed by atoms with Crippen molar-refractivity contribution >= 4 is 0 Å². The Balaban J connectivity index is 1.44. The highest BCUT2D eigenvalue weighted by atomic mass is 16.5. The lowest BCUT2D eigenvalue weighted by Crippen LogP contribution is -2.46. The molecule has 0 radical (unpaired) electrons. The summed E-state index contributed by atoms with van der Waals surface area (Å²) in [6.07, 6.45) is 14.0. The third-order valence-corrected chi connectivity index (χ3v) is 5.16. The molecule has 18 heavy (non-hydrogen) atoms. The summed E-state index contributed by atoms with van der Waals surface area (Å²) in [4.78, 5) is 0. The Kier molecular flexibility index (Phi) is 3.95. The Morgan fingerprint density at radius 2 is 1.94 bits per heavy atom. The van der Waals surface area contributed by atoms with Crippen molar-refractivity contribution in [3.8, 4) is 0 Å². The zero-order valence-corrected chi connectivity index (χ0v) is 11.9. The Morgan fingerprint density at radius 1 is 1.11 bits per heavy atom. The zero-order chi connectivity index (χ0) is 12.4. The van der Waals surface area contributed by atoms with Crippen LogP contribution >= 0.6 is 0 Å². The van der Waals surface area contributed by atoms with Crippen LogP contribution in [0.2, 0.25) is 0 Å². The molecule has 0 aromatic rings. The predicted octanol–water partition coefficient (Wildman–Crippen LogP) is 3.65. The van der Waals surface area contributed by atoms with Crippen LogP contribution in [-0.4, -0.2) is 24.3 Å². The van der Waals surface area contributed by atoms with Crippen LogP contribution < -0.4 is 5.32 Å². The summed E-state index contributed by atoms with van der Waals surface area (Å²) in [5, 5.41) is 3.65. The molecule has 3 saturated carbocycles. The number of nitrogens with one attached hydrogen (secondary N) is 1. The van der Waals surface area contributed by atoms with Gasteiger partial charge in [-0.2, -0.15) is 0 Å². The van der Waals surface area contributed by atoms with E-state index in [4.69, 9.17) is 4.74 Å². The van der Waals surface area contributed by atoms with Crippen LogP contribution in [0.4, 0.5) is 0 Å². The van der Waals surface area contributed by atoms with Crippen molar-refractivity contribution in [1.29, 1.82) is 0 Å². The highest BCUT2D eigenvalue weighted by Crippen LogP contribution is 2.42. The van der Waals surface area contributed by atoms with Gasteiger partial charge in [0.1, 0.15) is 0 Å². The molecule has 3 rings (SSSR count). The zero-order valence-electron chi connectivity index (χ0n) is 11.9. The molecule has 0 amide bonds. The summed E-state index contributed by atoms with van der Waals surface area (Å²) in [7, 11) is 0. The molecule has 0 heterocycles. The third kappa shape index (κ3) is 3.27. The molecule has 0 aromatic heterocycles. The first-order valence-corrected chi connectivity index (χ1v) is 8.17. The van der Waals surface area contributed by atoms with Crippen LogP contribution in [0.1, 0.15) is 71.1 Å². The molecule has 0 spiro atoms. The van der Waals surface area contributed by atoms with E-state index in [0.29, 0.717) is 6.10 Å². The van der Waals surface area contributed by atoms with Crippen molar-refractivity contribution in [3.63, 3.8) is 0 Å². The minimum Gasteiger partial charge on any atom is -0.372 e. The molecule has 0 aromatic carbocycles. The van der Waals surface area contributed by atoms with E-state index < -0.39 is 0 Å². The quantitative estimate of drug-likeness (QED) is 0.778. The molecule has 0 saturated heterocycles. The van der Waals surface area contributed by atoms with Gasteiger partial charge in [0.05, 0.1) is 11.7 Å². The molecule has 0 bridgehead atoms. The molecule has 3 aliphatic rings. The van der Waals surface area contributed by atoms with Gasteiger partial charge in [-0.05, 0) is 63.8 Å². The average Bonchev–Trinajstić information content (AvgIpc) is 3.09. The molecule has 2 unspecified atom stereocenters.